The fourth-order valence-electron chi connectivity index (χ4n) is 4.86. The van der Waals surface area contributed by atoms with E-state index in [4.69, 9.17) is 0 Å². The molecule has 0 aliphatic carbocycles. The number of aldehydes is 1. The number of piperidine rings is 1. The van der Waals surface area contributed by atoms with E-state index in [1.165, 1.54) is 6.42 Å². The van der Waals surface area contributed by atoms with Crippen molar-refractivity contribution in [3.05, 3.63) is 77.1 Å². The van der Waals surface area contributed by atoms with E-state index >= 15 is 4.39 Å². The predicted molar refractivity (Wildman–Crippen MR) is 161 cm³/mol. The van der Waals surface area contributed by atoms with Crippen LogP contribution in [0.2, 0.25) is 0 Å². The molecule has 1 aliphatic heterocycles. The van der Waals surface area contributed by atoms with Crippen LogP contribution in [-0.4, -0.2) is 56.4 Å². The largest absolute Gasteiger partial charge is 0.381 e. The molecule has 2 aromatic carbocycles. The van der Waals surface area contributed by atoms with Gasteiger partial charge in [-0.2, -0.15) is 0 Å². The Morgan fingerprint density at radius 3 is 2.29 bits per heavy atom. The Morgan fingerprint density at radius 2 is 1.71 bits per heavy atom. The Morgan fingerprint density at radius 1 is 1.11 bits per heavy atom. The first kappa shape index (κ1) is 33.5. The molecule has 1 fully saturated rings. The number of carbonyl (C=O) groups is 1. The van der Waals surface area contributed by atoms with Gasteiger partial charge in [0.1, 0.15) is 12.1 Å². The van der Waals surface area contributed by atoms with Crippen molar-refractivity contribution < 1.29 is 9.18 Å². The van der Waals surface area contributed by atoms with Crippen molar-refractivity contribution in [1.82, 2.24) is 15.1 Å². The summed E-state index contributed by atoms with van der Waals surface area (Å²) in [7, 11) is 3.92. The molecule has 0 amide bonds. The van der Waals surface area contributed by atoms with Crippen molar-refractivity contribution in [2.45, 2.75) is 60.7 Å². The van der Waals surface area contributed by atoms with Crippen LogP contribution in [0.5, 0.6) is 0 Å². The van der Waals surface area contributed by atoms with Gasteiger partial charge in [-0.1, -0.05) is 71.0 Å². The van der Waals surface area contributed by atoms with E-state index in [2.05, 4.69) is 47.8 Å². The minimum Gasteiger partial charge on any atom is -0.381 e. The van der Waals surface area contributed by atoms with E-state index < -0.39 is 0 Å². The number of rotatable bonds is 11. The van der Waals surface area contributed by atoms with Crippen molar-refractivity contribution in [2.75, 3.05) is 45.6 Å². The average Bonchev–Trinajstić information content (AvgIpc) is 2.90. The van der Waals surface area contributed by atoms with E-state index in [-0.39, 0.29) is 5.82 Å². The van der Waals surface area contributed by atoms with Crippen molar-refractivity contribution in [3.8, 4) is 0 Å². The number of anilines is 1. The number of halogens is 1. The van der Waals surface area contributed by atoms with Gasteiger partial charge in [-0.25, -0.2) is 4.39 Å². The molecule has 0 aromatic heterocycles. The lowest BCUT2D eigenvalue weighted by Gasteiger charge is -2.35. The van der Waals surface area contributed by atoms with Crippen molar-refractivity contribution in [2.24, 2.45) is 11.8 Å². The van der Waals surface area contributed by atoms with Crippen LogP contribution < -0.4 is 10.6 Å². The van der Waals surface area contributed by atoms with Gasteiger partial charge >= 0.3 is 0 Å². The monoisotopic (exact) mass is 526 g/mol. The predicted octanol–water partition coefficient (Wildman–Crippen LogP) is 6.60. The lowest BCUT2D eigenvalue weighted by atomic mass is 9.91. The highest BCUT2D eigenvalue weighted by Crippen LogP contribution is 2.25. The summed E-state index contributed by atoms with van der Waals surface area (Å²) in [5, 5.41) is 6.30. The first-order valence-electron chi connectivity index (χ1n) is 14.1. The van der Waals surface area contributed by atoms with Gasteiger partial charge in [-0.15, -0.1) is 6.58 Å². The molecule has 212 valence electrons. The molecule has 0 bridgehead atoms. The number of hydrogen-bond donors (Lipinski definition) is 2. The summed E-state index contributed by atoms with van der Waals surface area (Å²) in [6, 6.07) is 11.3. The summed E-state index contributed by atoms with van der Waals surface area (Å²) in [5.74, 6) is 1.16. The molecule has 0 spiro atoms. The zero-order valence-corrected chi connectivity index (χ0v) is 24.8. The molecular weight excluding hydrogens is 475 g/mol. The molecular formula is C32H51FN4O. The average molecular weight is 527 g/mol. The summed E-state index contributed by atoms with van der Waals surface area (Å²) < 4.78 is 15.3. The van der Waals surface area contributed by atoms with Crippen molar-refractivity contribution >= 4 is 12.0 Å². The van der Waals surface area contributed by atoms with Gasteiger partial charge in [0, 0.05) is 61.6 Å². The van der Waals surface area contributed by atoms with E-state index in [1.54, 1.807) is 0 Å². The highest BCUT2D eigenvalue weighted by molar-refractivity contribution is 5.80. The van der Waals surface area contributed by atoms with Crippen LogP contribution in [0, 0.1) is 17.7 Å². The fourth-order valence-corrected chi connectivity index (χ4v) is 4.86. The maximum absolute atomic E-state index is 15.3. The molecule has 38 heavy (non-hydrogen) atoms. The molecule has 0 saturated carbocycles. The number of likely N-dealkylation sites (tertiary alicyclic amines) is 1. The molecule has 6 heteroatoms. The molecule has 1 heterocycles. The number of nitrogens with one attached hydrogen (secondary N) is 2. The van der Waals surface area contributed by atoms with Crippen LogP contribution >= 0.6 is 0 Å². The summed E-state index contributed by atoms with van der Waals surface area (Å²) in [5.41, 5.74) is 3.81. The third-order valence-electron chi connectivity index (χ3n) is 6.53. The van der Waals surface area contributed by atoms with Crippen molar-refractivity contribution in [3.63, 3.8) is 0 Å². The first-order valence-corrected chi connectivity index (χ1v) is 14.1. The molecule has 2 atom stereocenters. The molecule has 0 radical (unpaired) electrons. The molecule has 3 rings (SSSR count). The van der Waals surface area contributed by atoms with E-state index in [1.807, 2.05) is 70.4 Å². The second-order valence-corrected chi connectivity index (χ2v) is 10.1. The van der Waals surface area contributed by atoms with Gasteiger partial charge in [0.05, 0.1) is 0 Å². The van der Waals surface area contributed by atoms with Crippen LogP contribution in [-0.2, 0) is 19.6 Å². The first-order chi connectivity index (χ1) is 18.3. The normalized spacial score (nSPS) is 17.1. The molecule has 2 N–H and O–H groups in total. The SMILES string of the molecule is C=CCN(C)Cc1c(C=O)cccc1NCc1cccc(CN2CC(C)CC(C)C2)c1F.CC.CCNC. The highest BCUT2D eigenvalue weighted by Gasteiger charge is 2.23. The zero-order chi connectivity index (χ0) is 28.5. The minimum atomic E-state index is -0.136. The molecule has 1 aliphatic rings. The second kappa shape index (κ2) is 18.7. The number of likely N-dealkylation sites (N-methyl/N-ethyl adjacent to an activating group) is 1. The minimum absolute atomic E-state index is 0.136. The van der Waals surface area contributed by atoms with Gasteiger partial charge < -0.3 is 10.6 Å². The number of carbonyl (C=O) groups excluding carboxylic acids is 1. The van der Waals surface area contributed by atoms with E-state index in [9.17, 15) is 4.79 Å². The Labute approximate surface area is 231 Å². The molecule has 1 saturated heterocycles. The van der Waals surface area contributed by atoms with Gasteiger partial charge in [0.25, 0.3) is 0 Å². The number of hydrogen-bond acceptors (Lipinski definition) is 5. The van der Waals surface area contributed by atoms with E-state index in [0.29, 0.717) is 42.6 Å². The van der Waals surface area contributed by atoms with Crippen LogP contribution in [0.25, 0.3) is 0 Å². The van der Waals surface area contributed by atoms with Gasteiger partial charge in [0.15, 0.2) is 0 Å². The second-order valence-electron chi connectivity index (χ2n) is 10.1. The maximum Gasteiger partial charge on any atom is 0.150 e. The van der Waals surface area contributed by atoms with Crippen molar-refractivity contribution in [1.29, 1.82) is 0 Å². The smallest absolute Gasteiger partial charge is 0.150 e. The topological polar surface area (TPSA) is 47.6 Å². The summed E-state index contributed by atoms with van der Waals surface area (Å²) >= 11 is 0. The number of benzene rings is 2. The van der Waals surface area contributed by atoms with Gasteiger partial charge in [-0.05, 0) is 50.5 Å². The maximum atomic E-state index is 15.3. The van der Waals surface area contributed by atoms with Gasteiger partial charge in [0.2, 0.25) is 0 Å². The lowest BCUT2D eigenvalue weighted by molar-refractivity contribution is 0.112. The third-order valence-corrected chi connectivity index (χ3v) is 6.53. The summed E-state index contributed by atoms with van der Waals surface area (Å²) in [6.45, 7) is 19.8. The Kier molecular flexibility index (Phi) is 16.5. The molecule has 2 aromatic rings. The fraction of sp³-hybridized carbons (Fsp3) is 0.531. The van der Waals surface area contributed by atoms with Crippen LogP contribution in [0.1, 0.15) is 68.1 Å². The number of nitrogens with zero attached hydrogens (tertiary/aromatic N) is 2. The summed E-state index contributed by atoms with van der Waals surface area (Å²) in [6.07, 6.45) is 3.96. The van der Waals surface area contributed by atoms with Crippen LogP contribution in [0.3, 0.4) is 0 Å². The van der Waals surface area contributed by atoms with E-state index in [0.717, 1.165) is 49.3 Å². The Balaban J connectivity index is 0.00000110. The Bertz CT molecular complexity index is 952. The zero-order valence-electron chi connectivity index (χ0n) is 24.8. The quantitative estimate of drug-likeness (QED) is 0.255. The summed E-state index contributed by atoms with van der Waals surface area (Å²) in [4.78, 5) is 16.1. The standard InChI is InChI=1S/C27H36FN3O.C3H9N.C2H6/c1-5-12-30(4)18-25-24(19-32)10-7-11-26(25)29-14-22-8-6-9-23(27(22)28)17-31-15-20(2)13-21(3)16-31;1-3-4-2;1-2/h5-11,19-21,29H,1,12-18H2,2-4H3;4H,3H2,1-2H3;1-2H3. The molecule has 5 nitrogen and oxygen atoms in total. The highest BCUT2D eigenvalue weighted by atomic mass is 19.1. The van der Waals surface area contributed by atoms with Gasteiger partial charge in [-0.3, -0.25) is 14.6 Å². The Hall–Kier alpha value is -2.54. The lowest BCUT2D eigenvalue weighted by Crippen LogP contribution is -2.38. The molecule has 2 unspecified atom stereocenters. The van der Waals surface area contributed by atoms with Crippen LogP contribution in [0.15, 0.2) is 49.1 Å². The third kappa shape index (κ3) is 11.1. The van der Waals surface area contributed by atoms with Crippen LogP contribution in [0.4, 0.5) is 10.1 Å².